The van der Waals surface area contributed by atoms with Crippen molar-refractivity contribution in [1.82, 2.24) is 10.2 Å². The van der Waals surface area contributed by atoms with E-state index in [1.54, 1.807) is 0 Å². The Morgan fingerprint density at radius 3 is 2.54 bits per heavy atom. The van der Waals surface area contributed by atoms with Gasteiger partial charge in [0, 0.05) is 17.5 Å². The molecule has 0 bridgehead atoms. The van der Waals surface area contributed by atoms with Gasteiger partial charge in [-0.15, -0.1) is 0 Å². The van der Waals surface area contributed by atoms with Crippen molar-refractivity contribution in [2.24, 2.45) is 0 Å². The molecular weight excluding hydrogens is 352 g/mol. The van der Waals surface area contributed by atoms with Crippen molar-refractivity contribution in [3.63, 3.8) is 0 Å². The lowest BCUT2D eigenvalue weighted by molar-refractivity contribution is 0.0907. The van der Waals surface area contributed by atoms with E-state index in [1.165, 1.54) is 12.8 Å². The molecular formula is C23H28N2O3. The van der Waals surface area contributed by atoms with Gasteiger partial charge in [0.05, 0.1) is 6.04 Å². The van der Waals surface area contributed by atoms with Gasteiger partial charge in [0.2, 0.25) is 0 Å². The number of hydrogen-bond acceptors (Lipinski definition) is 4. The minimum Gasteiger partial charge on any atom is -0.465 e. The Bertz CT molecular complexity index is 1010. The van der Waals surface area contributed by atoms with Crippen molar-refractivity contribution in [1.29, 1.82) is 0 Å². The fourth-order valence-electron chi connectivity index (χ4n) is 4.37. The Morgan fingerprint density at radius 2 is 1.86 bits per heavy atom. The number of carbonyl (C=O) groups excluding carboxylic acids is 1. The van der Waals surface area contributed by atoms with Crippen LogP contribution in [0.15, 0.2) is 33.1 Å². The minimum absolute atomic E-state index is 0.0498. The molecule has 3 heterocycles. The van der Waals surface area contributed by atoms with E-state index >= 15 is 0 Å². The van der Waals surface area contributed by atoms with E-state index in [0.717, 1.165) is 52.3 Å². The van der Waals surface area contributed by atoms with Gasteiger partial charge in [0.25, 0.3) is 5.91 Å². The van der Waals surface area contributed by atoms with Crippen molar-refractivity contribution in [3.8, 4) is 0 Å². The molecule has 1 aliphatic heterocycles. The summed E-state index contributed by atoms with van der Waals surface area (Å²) in [4.78, 5) is 15.3. The number of aryl methyl sites for hydroxylation is 4. The van der Waals surface area contributed by atoms with Crippen LogP contribution >= 0.6 is 0 Å². The second-order valence-electron chi connectivity index (χ2n) is 7.93. The molecule has 1 saturated heterocycles. The van der Waals surface area contributed by atoms with Gasteiger partial charge >= 0.3 is 0 Å². The number of amides is 1. The average molecular weight is 380 g/mol. The highest BCUT2D eigenvalue weighted by Gasteiger charge is 2.27. The zero-order chi connectivity index (χ0) is 19.8. The summed E-state index contributed by atoms with van der Waals surface area (Å²) in [5, 5.41) is 4.12. The fraction of sp³-hybridized carbons (Fsp3) is 0.435. The number of nitrogens with zero attached hydrogens (tertiary/aromatic N) is 1. The molecule has 1 aromatic carbocycles. The lowest BCUT2D eigenvalue weighted by atomic mass is 10.0. The van der Waals surface area contributed by atoms with Crippen LogP contribution in [-0.4, -0.2) is 30.4 Å². The molecule has 1 amide bonds. The molecule has 28 heavy (non-hydrogen) atoms. The molecule has 1 aliphatic rings. The molecule has 148 valence electrons. The largest absolute Gasteiger partial charge is 0.465 e. The predicted octanol–water partition coefficient (Wildman–Crippen LogP) is 4.83. The smallest absolute Gasteiger partial charge is 0.287 e. The summed E-state index contributed by atoms with van der Waals surface area (Å²) in [5.41, 5.74) is 3.94. The highest BCUT2D eigenvalue weighted by atomic mass is 16.3. The third-order valence-electron chi connectivity index (χ3n) is 5.70. The van der Waals surface area contributed by atoms with E-state index < -0.39 is 0 Å². The van der Waals surface area contributed by atoms with Gasteiger partial charge in [-0.1, -0.05) is 6.07 Å². The highest BCUT2D eigenvalue weighted by molar-refractivity contribution is 6.00. The van der Waals surface area contributed by atoms with E-state index in [1.807, 2.05) is 39.0 Å². The number of furan rings is 2. The van der Waals surface area contributed by atoms with E-state index in [-0.39, 0.29) is 11.9 Å². The van der Waals surface area contributed by atoms with E-state index in [9.17, 15) is 4.79 Å². The standard InChI is InChI=1S/C23H28N2O3/c1-14-11-15(2)21-17(4)22(28-20(21)12-14)23(26)24-13-18(25-9-5-6-10-25)19-8-7-16(3)27-19/h7-8,11-12,18H,5-6,9-10,13H2,1-4H3,(H,24,26)/t18-/m0/s1. The second kappa shape index (κ2) is 7.47. The van der Waals surface area contributed by atoms with Gasteiger partial charge in [-0.3, -0.25) is 9.69 Å². The summed E-state index contributed by atoms with van der Waals surface area (Å²) in [7, 11) is 0. The number of fused-ring (bicyclic) bond motifs is 1. The zero-order valence-electron chi connectivity index (χ0n) is 17.1. The molecule has 0 saturated carbocycles. The quantitative estimate of drug-likeness (QED) is 0.689. The lowest BCUT2D eigenvalue weighted by Crippen LogP contribution is -2.36. The van der Waals surface area contributed by atoms with Crippen LogP contribution in [0.25, 0.3) is 11.0 Å². The van der Waals surface area contributed by atoms with Crippen LogP contribution in [0, 0.1) is 27.7 Å². The van der Waals surface area contributed by atoms with Crippen LogP contribution in [0.2, 0.25) is 0 Å². The molecule has 0 aliphatic carbocycles. The Kier molecular flexibility index (Phi) is 5.02. The highest BCUT2D eigenvalue weighted by Crippen LogP contribution is 2.30. The van der Waals surface area contributed by atoms with Crippen LogP contribution in [-0.2, 0) is 0 Å². The van der Waals surface area contributed by atoms with Crippen molar-refractivity contribution in [2.45, 2.75) is 46.6 Å². The van der Waals surface area contributed by atoms with Crippen LogP contribution in [0.1, 0.15) is 57.6 Å². The Hall–Kier alpha value is -2.53. The molecule has 3 aromatic rings. The topological polar surface area (TPSA) is 58.6 Å². The van der Waals surface area contributed by atoms with Crippen LogP contribution in [0.3, 0.4) is 0 Å². The molecule has 5 nitrogen and oxygen atoms in total. The van der Waals surface area contributed by atoms with Gasteiger partial charge in [-0.25, -0.2) is 0 Å². The van der Waals surface area contributed by atoms with Crippen molar-refractivity contribution in [2.75, 3.05) is 19.6 Å². The van der Waals surface area contributed by atoms with Gasteiger partial charge in [0.1, 0.15) is 17.1 Å². The first-order valence-electron chi connectivity index (χ1n) is 10.0. The average Bonchev–Trinajstić information content (AvgIpc) is 3.36. The number of nitrogens with one attached hydrogen (secondary N) is 1. The van der Waals surface area contributed by atoms with Gasteiger partial charge in [-0.05, 0) is 83.0 Å². The molecule has 4 rings (SSSR count). The number of likely N-dealkylation sites (tertiary alicyclic amines) is 1. The van der Waals surface area contributed by atoms with Crippen molar-refractivity contribution >= 4 is 16.9 Å². The Labute approximate surface area is 165 Å². The molecule has 5 heteroatoms. The molecule has 0 unspecified atom stereocenters. The summed E-state index contributed by atoms with van der Waals surface area (Å²) in [6.45, 7) is 10.6. The van der Waals surface area contributed by atoms with Gasteiger partial charge in [-0.2, -0.15) is 0 Å². The van der Waals surface area contributed by atoms with Crippen molar-refractivity contribution < 1.29 is 13.6 Å². The molecule has 1 fully saturated rings. The summed E-state index contributed by atoms with van der Waals surface area (Å²) in [6.07, 6.45) is 2.37. The normalized spacial score (nSPS) is 16.0. The van der Waals surface area contributed by atoms with Gasteiger partial charge < -0.3 is 14.2 Å². The summed E-state index contributed by atoms with van der Waals surface area (Å²) in [6, 6.07) is 8.16. The third kappa shape index (κ3) is 3.47. The first kappa shape index (κ1) is 18.8. The van der Waals surface area contributed by atoms with Gasteiger partial charge in [0.15, 0.2) is 5.76 Å². The van der Waals surface area contributed by atoms with E-state index in [4.69, 9.17) is 8.83 Å². The predicted molar refractivity (Wildman–Crippen MR) is 110 cm³/mol. The molecule has 0 spiro atoms. The van der Waals surface area contributed by atoms with Crippen LogP contribution in [0.4, 0.5) is 0 Å². The molecule has 2 aromatic heterocycles. The lowest BCUT2D eigenvalue weighted by Gasteiger charge is -2.25. The number of hydrogen-bond donors (Lipinski definition) is 1. The SMILES string of the molecule is Cc1cc(C)c2c(C)c(C(=O)NC[C@@H](c3ccc(C)o3)N3CCCC3)oc2c1. The number of rotatable bonds is 5. The van der Waals surface area contributed by atoms with Crippen LogP contribution < -0.4 is 5.32 Å². The molecule has 0 radical (unpaired) electrons. The maximum atomic E-state index is 12.9. The summed E-state index contributed by atoms with van der Waals surface area (Å²) >= 11 is 0. The molecule has 1 atom stereocenters. The summed E-state index contributed by atoms with van der Waals surface area (Å²) < 4.78 is 11.8. The first-order chi connectivity index (χ1) is 13.4. The molecule has 1 N–H and O–H groups in total. The second-order valence-corrected chi connectivity index (χ2v) is 7.93. The summed E-state index contributed by atoms with van der Waals surface area (Å²) in [5.74, 6) is 2.04. The maximum Gasteiger partial charge on any atom is 0.287 e. The monoisotopic (exact) mass is 380 g/mol. The zero-order valence-corrected chi connectivity index (χ0v) is 17.1. The number of benzene rings is 1. The number of carbonyl (C=O) groups is 1. The third-order valence-corrected chi connectivity index (χ3v) is 5.70. The Morgan fingerprint density at radius 1 is 1.11 bits per heavy atom. The fourth-order valence-corrected chi connectivity index (χ4v) is 4.37. The minimum atomic E-state index is -0.168. The van der Waals surface area contributed by atoms with Crippen LogP contribution in [0.5, 0.6) is 0 Å². The van der Waals surface area contributed by atoms with Crippen molar-refractivity contribution in [3.05, 3.63) is 58.2 Å². The first-order valence-corrected chi connectivity index (χ1v) is 10.0. The maximum absolute atomic E-state index is 12.9. The van der Waals surface area contributed by atoms with E-state index in [0.29, 0.717) is 12.3 Å². The van der Waals surface area contributed by atoms with E-state index in [2.05, 4.69) is 23.2 Å². The Balaban J connectivity index is 1.56.